The molecule has 1 aromatic carbocycles. The molecule has 6 heteroatoms. The first-order chi connectivity index (χ1) is 8.60. The topological polar surface area (TPSA) is 55.8 Å². The van der Waals surface area contributed by atoms with Crippen LogP contribution in [0.3, 0.4) is 0 Å². The highest BCUT2D eigenvalue weighted by atomic mass is 35.5. The number of hydrogen-bond acceptors (Lipinski definition) is 4. The number of esters is 1. The highest BCUT2D eigenvalue weighted by Crippen LogP contribution is 2.24. The molecule has 1 heterocycles. The third kappa shape index (κ3) is 2.73. The second-order valence-electron chi connectivity index (χ2n) is 3.87. The fraction of sp³-hybridized carbons (Fsp3) is 0.333. The maximum atomic E-state index is 11.7. The van der Waals surface area contributed by atoms with Gasteiger partial charge < -0.3 is 9.47 Å². The predicted octanol–water partition coefficient (Wildman–Crippen LogP) is 2.23. The Labute approximate surface area is 109 Å². The number of carbonyl (C=O) groups is 2. The van der Waals surface area contributed by atoms with Gasteiger partial charge in [-0.25, -0.2) is 4.79 Å². The molecule has 0 aromatic heterocycles. The Hall–Kier alpha value is -1.75. The highest BCUT2D eigenvalue weighted by molar-refractivity contribution is 6.30. The summed E-state index contributed by atoms with van der Waals surface area (Å²) < 4.78 is 9.62. The molecule has 1 unspecified atom stereocenters. The molecule has 0 radical (unpaired) electrons. The van der Waals surface area contributed by atoms with E-state index < -0.39 is 18.2 Å². The van der Waals surface area contributed by atoms with Gasteiger partial charge in [0.05, 0.1) is 20.1 Å². The van der Waals surface area contributed by atoms with Crippen LogP contribution < -0.4 is 4.90 Å². The van der Waals surface area contributed by atoms with Crippen molar-refractivity contribution < 1.29 is 19.1 Å². The normalized spacial score (nSPS) is 18.7. The third-order valence-corrected chi connectivity index (χ3v) is 2.89. The molecular formula is C12H12ClNO4. The number of benzene rings is 1. The zero-order valence-electron chi connectivity index (χ0n) is 9.76. The molecule has 1 saturated heterocycles. The molecule has 5 nitrogen and oxygen atoms in total. The Morgan fingerprint density at radius 3 is 2.78 bits per heavy atom. The van der Waals surface area contributed by atoms with Gasteiger partial charge in [0.25, 0.3) is 0 Å². The molecule has 0 aliphatic carbocycles. The number of methoxy groups -OCH3 is 1. The Kier molecular flexibility index (Phi) is 3.72. The Bertz CT molecular complexity index is 460. The van der Waals surface area contributed by atoms with Crippen molar-refractivity contribution in [2.45, 2.75) is 12.5 Å². The lowest BCUT2D eigenvalue weighted by Gasteiger charge is -2.12. The minimum atomic E-state index is -0.472. The van der Waals surface area contributed by atoms with E-state index in [0.717, 1.165) is 0 Å². The first-order valence-electron chi connectivity index (χ1n) is 5.40. The average molecular weight is 270 g/mol. The summed E-state index contributed by atoms with van der Waals surface area (Å²) in [7, 11) is 1.30. The monoisotopic (exact) mass is 269 g/mol. The van der Waals surface area contributed by atoms with Gasteiger partial charge in [0.1, 0.15) is 6.10 Å². The van der Waals surface area contributed by atoms with Crippen LogP contribution in [0.5, 0.6) is 0 Å². The summed E-state index contributed by atoms with van der Waals surface area (Å²) in [5.74, 6) is -0.397. The third-order valence-electron chi connectivity index (χ3n) is 2.63. The van der Waals surface area contributed by atoms with Gasteiger partial charge in [0.15, 0.2) is 0 Å². The lowest BCUT2D eigenvalue weighted by Crippen LogP contribution is -2.25. The van der Waals surface area contributed by atoms with E-state index in [-0.39, 0.29) is 6.42 Å². The van der Waals surface area contributed by atoms with E-state index in [1.165, 1.54) is 12.0 Å². The molecule has 1 atom stereocenters. The summed E-state index contributed by atoms with van der Waals surface area (Å²) in [5, 5.41) is 0.595. The van der Waals surface area contributed by atoms with E-state index in [9.17, 15) is 9.59 Å². The van der Waals surface area contributed by atoms with Crippen molar-refractivity contribution >= 4 is 29.4 Å². The molecule has 0 spiro atoms. The SMILES string of the molecule is COC(=O)CC1CN(c2ccc(Cl)cc2)C(=O)O1. The van der Waals surface area contributed by atoms with Gasteiger partial charge in [0.2, 0.25) is 0 Å². The fourth-order valence-corrected chi connectivity index (χ4v) is 1.85. The zero-order chi connectivity index (χ0) is 13.1. The van der Waals surface area contributed by atoms with E-state index in [1.807, 2.05) is 0 Å². The molecule has 1 aromatic rings. The van der Waals surface area contributed by atoms with Gasteiger partial charge in [-0.15, -0.1) is 0 Å². The Morgan fingerprint density at radius 2 is 2.17 bits per heavy atom. The quantitative estimate of drug-likeness (QED) is 0.790. The molecule has 0 saturated carbocycles. The summed E-state index contributed by atoms with van der Waals surface area (Å²) >= 11 is 5.78. The van der Waals surface area contributed by atoms with Crippen LogP contribution in [0.4, 0.5) is 10.5 Å². The van der Waals surface area contributed by atoms with E-state index in [2.05, 4.69) is 4.74 Å². The van der Waals surface area contributed by atoms with Crippen LogP contribution in [0.25, 0.3) is 0 Å². The van der Waals surface area contributed by atoms with E-state index in [4.69, 9.17) is 16.3 Å². The molecule has 96 valence electrons. The number of amides is 1. The van der Waals surface area contributed by atoms with Gasteiger partial charge >= 0.3 is 12.1 Å². The number of halogens is 1. The minimum absolute atomic E-state index is 0.0618. The van der Waals surface area contributed by atoms with Gasteiger partial charge in [-0.05, 0) is 24.3 Å². The molecule has 1 fully saturated rings. The first-order valence-corrected chi connectivity index (χ1v) is 5.78. The molecule has 0 bridgehead atoms. The van der Waals surface area contributed by atoms with Gasteiger partial charge in [-0.2, -0.15) is 0 Å². The van der Waals surface area contributed by atoms with Crippen molar-refractivity contribution in [3.05, 3.63) is 29.3 Å². The standard InChI is InChI=1S/C12H12ClNO4/c1-17-11(15)6-10-7-14(12(16)18-10)9-4-2-8(13)3-5-9/h2-5,10H,6-7H2,1H3. The smallest absolute Gasteiger partial charge is 0.414 e. The van der Waals surface area contributed by atoms with E-state index in [0.29, 0.717) is 17.3 Å². The largest absolute Gasteiger partial charge is 0.469 e. The lowest BCUT2D eigenvalue weighted by atomic mass is 10.2. The van der Waals surface area contributed by atoms with Crippen LogP contribution in [-0.4, -0.2) is 31.8 Å². The fourth-order valence-electron chi connectivity index (χ4n) is 1.73. The van der Waals surface area contributed by atoms with Crippen LogP contribution in [0.1, 0.15) is 6.42 Å². The minimum Gasteiger partial charge on any atom is -0.469 e. The van der Waals surface area contributed by atoms with Crippen molar-refractivity contribution in [1.82, 2.24) is 0 Å². The number of hydrogen-bond donors (Lipinski definition) is 0. The summed E-state index contributed by atoms with van der Waals surface area (Å²) in [6.45, 7) is 0.329. The van der Waals surface area contributed by atoms with Gasteiger partial charge in [0, 0.05) is 10.7 Å². The van der Waals surface area contributed by atoms with Crippen LogP contribution in [0.15, 0.2) is 24.3 Å². The predicted molar refractivity (Wildman–Crippen MR) is 65.7 cm³/mol. The van der Waals surface area contributed by atoms with Crippen molar-refractivity contribution in [3.63, 3.8) is 0 Å². The maximum absolute atomic E-state index is 11.7. The number of cyclic esters (lactones) is 1. The lowest BCUT2D eigenvalue weighted by molar-refractivity contribution is -0.142. The van der Waals surface area contributed by atoms with Crippen LogP contribution >= 0.6 is 11.6 Å². The molecule has 1 aliphatic heterocycles. The molecule has 0 N–H and O–H groups in total. The number of anilines is 1. The molecule has 2 rings (SSSR count). The second-order valence-corrected chi connectivity index (χ2v) is 4.31. The number of carbonyl (C=O) groups excluding carboxylic acids is 2. The molecule has 1 aliphatic rings. The molecule has 18 heavy (non-hydrogen) atoms. The summed E-state index contributed by atoms with van der Waals surface area (Å²) in [6.07, 6.45) is -0.876. The summed E-state index contributed by atoms with van der Waals surface area (Å²) in [6, 6.07) is 6.84. The highest BCUT2D eigenvalue weighted by Gasteiger charge is 2.33. The maximum Gasteiger partial charge on any atom is 0.414 e. The Morgan fingerprint density at radius 1 is 1.50 bits per heavy atom. The first kappa shape index (κ1) is 12.7. The second kappa shape index (κ2) is 5.27. The van der Waals surface area contributed by atoms with Crippen LogP contribution in [0, 0.1) is 0 Å². The molecular weight excluding hydrogens is 258 g/mol. The number of nitrogens with zero attached hydrogens (tertiary/aromatic N) is 1. The zero-order valence-corrected chi connectivity index (χ0v) is 10.5. The Balaban J connectivity index is 2.05. The average Bonchev–Trinajstić information content (AvgIpc) is 2.71. The summed E-state index contributed by atoms with van der Waals surface area (Å²) in [5.41, 5.74) is 0.691. The van der Waals surface area contributed by atoms with Crippen molar-refractivity contribution in [3.8, 4) is 0 Å². The van der Waals surface area contributed by atoms with E-state index >= 15 is 0 Å². The van der Waals surface area contributed by atoms with Gasteiger partial charge in [-0.3, -0.25) is 9.69 Å². The van der Waals surface area contributed by atoms with Crippen LogP contribution in [-0.2, 0) is 14.3 Å². The number of ether oxygens (including phenoxy) is 2. The summed E-state index contributed by atoms with van der Waals surface area (Å²) in [4.78, 5) is 24.2. The van der Waals surface area contributed by atoms with E-state index in [1.54, 1.807) is 24.3 Å². The van der Waals surface area contributed by atoms with Crippen molar-refractivity contribution in [2.75, 3.05) is 18.6 Å². The van der Waals surface area contributed by atoms with Crippen molar-refractivity contribution in [1.29, 1.82) is 0 Å². The number of rotatable bonds is 3. The molecule has 1 amide bonds. The van der Waals surface area contributed by atoms with Gasteiger partial charge in [-0.1, -0.05) is 11.6 Å². The van der Waals surface area contributed by atoms with Crippen molar-refractivity contribution in [2.24, 2.45) is 0 Å². The van der Waals surface area contributed by atoms with Crippen LogP contribution in [0.2, 0.25) is 5.02 Å².